The highest BCUT2D eigenvalue weighted by atomic mass is 32.2. The van der Waals surface area contributed by atoms with Crippen LogP contribution < -0.4 is 10.0 Å². The summed E-state index contributed by atoms with van der Waals surface area (Å²) in [6, 6.07) is 0.409. The summed E-state index contributed by atoms with van der Waals surface area (Å²) >= 11 is 0. The Kier molecular flexibility index (Phi) is 3.55. The van der Waals surface area contributed by atoms with E-state index in [0.717, 1.165) is 13.0 Å². The van der Waals surface area contributed by atoms with Gasteiger partial charge >= 0.3 is 0 Å². The summed E-state index contributed by atoms with van der Waals surface area (Å²) in [6.07, 6.45) is 1.82. The molecule has 0 spiro atoms. The predicted octanol–water partition coefficient (Wildman–Crippen LogP) is 0.456. The highest BCUT2D eigenvalue weighted by Crippen LogP contribution is 2.09. The highest BCUT2D eigenvalue weighted by Gasteiger charge is 2.23. The van der Waals surface area contributed by atoms with Gasteiger partial charge in [0.1, 0.15) is 0 Å². The van der Waals surface area contributed by atoms with Crippen molar-refractivity contribution in [3.63, 3.8) is 0 Å². The molecule has 0 aromatic carbocycles. The fourth-order valence-electron chi connectivity index (χ4n) is 1.41. The van der Waals surface area contributed by atoms with Gasteiger partial charge in [0, 0.05) is 11.6 Å². The lowest BCUT2D eigenvalue weighted by Crippen LogP contribution is -2.46. The third kappa shape index (κ3) is 4.39. The summed E-state index contributed by atoms with van der Waals surface area (Å²) in [4.78, 5) is 0. The Morgan fingerprint density at radius 3 is 2.36 bits per heavy atom. The van der Waals surface area contributed by atoms with Gasteiger partial charge in [0.05, 0.1) is 5.75 Å². The highest BCUT2D eigenvalue weighted by molar-refractivity contribution is 7.89. The van der Waals surface area contributed by atoms with Crippen LogP contribution in [0.4, 0.5) is 0 Å². The molecule has 0 saturated carbocycles. The number of sulfonamides is 1. The maximum absolute atomic E-state index is 11.6. The van der Waals surface area contributed by atoms with Crippen LogP contribution in [0.25, 0.3) is 0 Å². The van der Waals surface area contributed by atoms with Gasteiger partial charge in [-0.25, -0.2) is 13.1 Å². The van der Waals surface area contributed by atoms with Gasteiger partial charge in [-0.3, -0.25) is 0 Å². The van der Waals surface area contributed by atoms with Crippen molar-refractivity contribution in [1.29, 1.82) is 0 Å². The first-order valence-electron chi connectivity index (χ1n) is 5.03. The summed E-state index contributed by atoms with van der Waals surface area (Å²) in [6.45, 7) is 6.59. The van der Waals surface area contributed by atoms with E-state index in [9.17, 15) is 8.42 Å². The van der Waals surface area contributed by atoms with E-state index in [2.05, 4.69) is 10.0 Å². The van der Waals surface area contributed by atoms with Gasteiger partial charge in [-0.15, -0.1) is 0 Å². The first-order chi connectivity index (χ1) is 6.29. The molecule has 0 bridgehead atoms. The van der Waals surface area contributed by atoms with Gasteiger partial charge in [-0.2, -0.15) is 0 Å². The van der Waals surface area contributed by atoms with Gasteiger partial charge in [-0.1, -0.05) is 0 Å². The minimum atomic E-state index is -3.10. The molecule has 84 valence electrons. The molecule has 0 aromatic rings. The van der Waals surface area contributed by atoms with Gasteiger partial charge in [0.2, 0.25) is 10.0 Å². The van der Waals surface area contributed by atoms with Crippen LogP contribution in [0.3, 0.4) is 0 Å². The molecule has 0 aliphatic carbocycles. The Bertz CT molecular complexity index is 276. The van der Waals surface area contributed by atoms with Crippen molar-refractivity contribution < 1.29 is 8.42 Å². The second kappa shape index (κ2) is 4.16. The van der Waals surface area contributed by atoms with Crippen LogP contribution >= 0.6 is 0 Å². The SMILES string of the molecule is CC(C)(C)NS(=O)(=O)CCC1CCN1. The lowest BCUT2D eigenvalue weighted by atomic mass is 10.1. The average molecular weight is 220 g/mol. The Balaban J connectivity index is 2.33. The van der Waals surface area contributed by atoms with Crippen molar-refractivity contribution in [2.24, 2.45) is 0 Å². The first kappa shape index (κ1) is 11.9. The molecule has 1 saturated heterocycles. The van der Waals surface area contributed by atoms with Crippen LogP contribution in [0, 0.1) is 0 Å². The summed E-state index contributed by atoms with van der Waals surface area (Å²) in [7, 11) is -3.10. The van der Waals surface area contributed by atoms with E-state index in [1.165, 1.54) is 0 Å². The normalized spacial score (nSPS) is 23.2. The van der Waals surface area contributed by atoms with Crippen molar-refractivity contribution in [1.82, 2.24) is 10.0 Å². The summed E-state index contributed by atoms with van der Waals surface area (Å²) < 4.78 is 25.7. The maximum Gasteiger partial charge on any atom is 0.212 e. The second-order valence-corrected chi connectivity index (χ2v) is 6.74. The van der Waals surface area contributed by atoms with Crippen LogP contribution in [0.1, 0.15) is 33.6 Å². The van der Waals surface area contributed by atoms with Crippen LogP contribution in [0.2, 0.25) is 0 Å². The molecule has 4 nitrogen and oxygen atoms in total. The van der Waals surface area contributed by atoms with E-state index in [1.807, 2.05) is 20.8 Å². The predicted molar refractivity (Wildman–Crippen MR) is 57.7 cm³/mol. The van der Waals surface area contributed by atoms with Crippen molar-refractivity contribution in [3.05, 3.63) is 0 Å². The standard InChI is InChI=1S/C9H20N2O2S/c1-9(2,3)11-14(12,13)7-5-8-4-6-10-8/h8,10-11H,4-7H2,1-3H3. The minimum absolute atomic E-state index is 0.224. The minimum Gasteiger partial charge on any atom is -0.314 e. The van der Waals surface area contributed by atoms with Crippen molar-refractivity contribution in [2.45, 2.75) is 45.2 Å². The van der Waals surface area contributed by atoms with Crippen molar-refractivity contribution in [2.75, 3.05) is 12.3 Å². The molecule has 2 N–H and O–H groups in total. The first-order valence-corrected chi connectivity index (χ1v) is 6.69. The zero-order valence-electron chi connectivity index (χ0n) is 9.13. The molecule has 1 rings (SSSR count). The molecule has 0 aromatic heterocycles. The van der Waals surface area contributed by atoms with E-state index in [0.29, 0.717) is 12.5 Å². The smallest absolute Gasteiger partial charge is 0.212 e. The second-order valence-electron chi connectivity index (χ2n) is 4.90. The number of rotatable bonds is 4. The molecule has 5 heteroatoms. The Morgan fingerprint density at radius 1 is 1.43 bits per heavy atom. The van der Waals surface area contributed by atoms with Gasteiger partial charge in [0.15, 0.2) is 0 Å². The van der Waals surface area contributed by atoms with E-state index in [4.69, 9.17) is 0 Å². The molecule has 1 atom stereocenters. The lowest BCUT2D eigenvalue weighted by Gasteiger charge is -2.28. The fourth-order valence-corrected chi connectivity index (χ4v) is 3.04. The quantitative estimate of drug-likeness (QED) is 0.723. The molecule has 14 heavy (non-hydrogen) atoms. The van der Waals surface area contributed by atoms with Gasteiger partial charge in [-0.05, 0) is 40.2 Å². The third-order valence-corrected chi connectivity index (χ3v) is 3.82. The van der Waals surface area contributed by atoms with Crippen LogP contribution in [0.15, 0.2) is 0 Å². The fraction of sp³-hybridized carbons (Fsp3) is 1.00. The Labute approximate surface area is 86.5 Å². The molecule has 1 heterocycles. The topological polar surface area (TPSA) is 58.2 Å². The van der Waals surface area contributed by atoms with E-state index >= 15 is 0 Å². The number of hydrogen-bond donors (Lipinski definition) is 2. The van der Waals surface area contributed by atoms with Crippen molar-refractivity contribution in [3.8, 4) is 0 Å². The maximum atomic E-state index is 11.6. The number of nitrogens with one attached hydrogen (secondary N) is 2. The lowest BCUT2D eigenvalue weighted by molar-refractivity contribution is 0.361. The zero-order chi connectivity index (χ0) is 10.8. The van der Waals surface area contributed by atoms with Crippen LogP contribution in [-0.4, -0.2) is 32.3 Å². The number of hydrogen-bond acceptors (Lipinski definition) is 3. The third-order valence-electron chi connectivity index (χ3n) is 2.12. The Morgan fingerprint density at radius 2 is 2.00 bits per heavy atom. The molecule has 0 radical (unpaired) electrons. The Hall–Kier alpha value is -0.130. The summed E-state index contributed by atoms with van der Waals surface area (Å²) in [5.41, 5.74) is -0.369. The van der Waals surface area contributed by atoms with E-state index in [-0.39, 0.29) is 11.3 Å². The largest absolute Gasteiger partial charge is 0.314 e. The average Bonchev–Trinajstić information content (AvgIpc) is 1.75. The molecule has 1 aliphatic rings. The molecule has 1 fully saturated rings. The van der Waals surface area contributed by atoms with Gasteiger partial charge < -0.3 is 5.32 Å². The zero-order valence-corrected chi connectivity index (χ0v) is 9.95. The monoisotopic (exact) mass is 220 g/mol. The molecular formula is C9H20N2O2S. The van der Waals surface area contributed by atoms with Gasteiger partial charge in [0.25, 0.3) is 0 Å². The van der Waals surface area contributed by atoms with Crippen molar-refractivity contribution >= 4 is 10.0 Å². The summed E-state index contributed by atoms with van der Waals surface area (Å²) in [5, 5.41) is 3.19. The van der Waals surface area contributed by atoms with Crippen LogP contribution in [-0.2, 0) is 10.0 Å². The van der Waals surface area contributed by atoms with E-state index < -0.39 is 10.0 Å². The summed E-state index contributed by atoms with van der Waals surface area (Å²) in [5.74, 6) is 0.224. The molecule has 0 amide bonds. The van der Waals surface area contributed by atoms with Crippen LogP contribution in [0.5, 0.6) is 0 Å². The van der Waals surface area contributed by atoms with E-state index in [1.54, 1.807) is 0 Å². The molecular weight excluding hydrogens is 200 g/mol. The molecule has 1 aliphatic heterocycles. The molecule has 1 unspecified atom stereocenters.